The van der Waals surface area contributed by atoms with Crippen LogP contribution < -0.4 is 0 Å². The zero-order chi connectivity index (χ0) is 10.1. The van der Waals surface area contributed by atoms with Crippen LogP contribution in [0.3, 0.4) is 0 Å². The highest BCUT2D eigenvalue weighted by atomic mass is 16.3. The molecule has 0 unspecified atom stereocenters. The van der Waals surface area contributed by atoms with E-state index < -0.39 is 0 Å². The van der Waals surface area contributed by atoms with Crippen LogP contribution in [0.25, 0.3) is 0 Å². The van der Waals surface area contributed by atoms with E-state index >= 15 is 0 Å². The minimum atomic E-state index is -0.339. The number of hydrogen-bond donors (Lipinski definition) is 1. The first-order valence-corrected chi connectivity index (χ1v) is 5.12. The number of nitrogens with zero attached hydrogens (tertiary/aromatic N) is 1. The van der Waals surface area contributed by atoms with Gasteiger partial charge < -0.3 is 9.52 Å². The Morgan fingerprint density at radius 2 is 2.29 bits per heavy atom. The van der Waals surface area contributed by atoms with Crippen molar-refractivity contribution in [1.82, 2.24) is 4.90 Å². The molecule has 0 aromatic carbocycles. The lowest BCUT2D eigenvalue weighted by atomic mass is 9.89. The number of furan rings is 1. The average Bonchev–Trinajstić information content (AvgIpc) is 2.66. The van der Waals surface area contributed by atoms with E-state index in [1.165, 1.54) is 0 Å². The Kier molecular flexibility index (Phi) is 2.61. The highest BCUT2D eigenvalue weighted by molar-refractivity contribution is 5.07. The normalized spacial score (nSPS) is 34.6. The minimum Gasteiger partial charge on any atom is -0.469 e. The third kappa shape index (κ3) is 1.70. The summed E-state index contributed by atoms with van der Waals surface area (Å²) in [6, 6.07) is 4.31. The Balaban J connectivity index is 2.10. The first kappa shape index (κ1) is 9.74. The second-order valence-corrected chi connectivity index (χ2v) is 4.18. The van der Waals surface area contributed by atoms with Gasteiger partial charge in [-0.2, -0.15) is 0 Å². The van der Waals surface area contributed by atoms with Crippen LogP contribution in [0.5, 0.6) is 0 Å². The molecule has 3 heteroatoms. The molecule has 3 atom stereocenters. The molecule has 0 radical (unpaired) electrons. The molecular formula is C11H17NO2. The van der Waals surface area contributed by atoms with Crippen LogP contribution in [0.15, 0.2) is 22.8 Å². The fourth-order valence-corrected chi connectivity index (χ4v) is 2.14. The summed E-state index contributed by atoms with van der Waals surface area (Å²) in [6.45, 7) is 2.14. The molecule has 2 heterocycles. The van der Waals surface area contributed by atoms with Crippen molar-refractivity contribution in [3.05, 3.63) is 24.2 Å². The second kappa shape index (κ2) is 3.75. The number of likely N-dealkylation sites (tertiary alicyclic amines) is 1. The van der Waals surface area contributed by atoms with E-state index in [1.807, 2.05) is 24.1 Å². The molecule has 1 N–H and O–H groups in total. The van der Waals surface area contributed by atoms with Crippen LogP contribution in [0, 0.1) is 0 Å². The number of piperidine rings is 1. The molecule has 0 amide bonds. The predicted molar refractivity (Wildman–Crippen MR) is 53.9 cm³/mol. The number of aliphatic hydroxyl groups is 1. The average molecular weight is 195 g/mol. The molecule has 1 aliphatic heterocycles. The molecule has 1 aromatic rings. The van der Waals surface area contributed by atoms with Gasteiger partial charge in [-0.05, 0) is 38.9 Å². The van der Waals surface area contributed by atoms with Gasteiger partial charge in [0.2, 0.25) is 0 Å². The van der Waals surface area contributed by atoms with Gasteiger partial charge in [-0.3, -0.25) is 4.90 Å². The number of aliphatic hydroxyl groups excluding tert-OH is 1. The van der Waals surface area contributed by atoms with E-state index in [2.05, 4.69) is 6.92 Å². The van der Waals surface area contributed by atoms with Crippen molar-refractivity contribution in [3.8, 4) is 0 Å². The molecule has 0 aliphatic carbocycles. The summed E-state index contributed by atoms with van der Waals surface area (Å²) in [5.74, 6) is 1.37. The Morgan fingerprint density at radius 1 is 1.50 bits per heavy atom. The summed E-state index contributed by atoms with van der Waals surface area (Å²) >= 11 is 0. The summed E-state index contributed by atoms with van der Waals surface area (Å²) in [5.41, 5.74) is 0. The van der Waals surface area contributed by atoms with Crippen molar-refractivity contribution in [2.75, 3.05) is 7.05 Å². The van der Waals surface area contributed by atoms with Gasteiger partial charge in [0, 0.05) is 12.0 Å². The van der Waals surface area contributed by atoms with Crippen LogP contribution in [0.1, 0.15) is 31.4 Å². The van der Waals surface area contributed by atoms with Crippen LogP contribution in [0.4, 0.5) is 0 Å². The lowest BCUT2D eigenvalue weighted by Gasteiger charge is -2.38. The first-order chi connectivity index (χ1) is 6.68. The smallest absolute Gasteiger partial charge is 0.108 e. The van der Waals surface area contributed by atoms with E-state index in [4.69, 9.17) is 4.42 Å². The Hall–Kier alpha value is -0.800. The van der Waals surface area contributed by atoms with Crippen LogP contribution in [-0.4, -0.2) is 29.3 Å². The molecule has 1 aliphatic rings. The standard InChI is InChI=1S/C11H17NO2/c1-8-6-9(7-11(13)12(8)2)10-4-3-5-14-10/h3-5,8-9,11,13H,6-7H2,1-2H3/t8-,9+,11-/m1/s1. The van der Waals surface area contributed by atoms with Crippen LogP contribution in [-0.2, 0) is 0 Å². The molecule has 1 aromatic heterocycles. The SMILES string of the molecule is C[C@@H]1C[C@H](c2ccco2)C[C@@H](O)N1C. The van der Waals surface area contributed by atoms with Crippen molar-refractivity contribution >= 4 is 0 Å². The summed E-state index contributed by atoms with van der Waals surface area (Å²) in [6.07, 6.45) is 3.19. The van der Waals surface area contributed by atoms with Gasteiger partial charge in [-0.25, -0.2) is 0 Å². The maximum atomic E-state index is 9.80. The van der Waals surface area contributed by atoms with E-state index in [9.17, 15) is 5.11 Å². The monoisotopic (exact) mass is 195 g/mol. The topological polar surface area (TPSA) is 36.6 Å². The number of rotatable bonds is 1. The zero-order valence-corrected chi connectivity index (χ0v) is 8.68. The molecule has 0 bridgehead atoms. The van der Waals surface area contributed by atoms with Crippen molar-refractivity contribution < 1.29 is 9.52 Å². The fraction of sp³-hybridized carbons (Fsp3) is 0.636. The summed E-state index contributed by atoms with van der Waals surface area (Å²) < 4.78 is 5.38. The Labute approximate surface area is 84.3 Å². The van der Waals surface area contributed by atoms with Crippen molar-refractivity contribution in [2.45, 2.75) is 38.0 Å². The molecule has 0 spiro atoms. The summed E-state index contributed by atoms with van der Waals surface area (Å²) in [4.78, 5) is 2.01. The first-order valence-electron chi connectivity index (χ1n) is 5.12. The summed E-state index contributed by atoms with van der Waals surface area (Å²) in [5, 5.41) is 9.80. The molecule has 0 saturated carbocycles. The zero-order valence-electron chi connectivity index (χ0n) is 8.68. The quantitative estimate of drug-likeness (QED) is 0.742. The van der Waals surface area contributed by atoms with Crippen molar-refractivity contribution in [2.24, 2.45) is 0 Å². The highest BCUT2D eigenvalue weighted by Gasteiger charge is 2.31. The molecule has 78 valence electrons. The molecule has 3 nitrogen and oxygen atoms in total. The highest BCUT2D eigenvalue weighted by Crippen LogP contribution is 2.33. The van der Waals surface area contributed by atoms with Gasteiger partial charge in [0.25, 0.3) is 0 Å². The van der Waals surface area contributed by atoms with Gasteiger partial charge in [0.15, 0.2) is 0 Å². The van der Waals surface area contributed by atoms with E-state index in [0.29, 0.717) is 12.0 Å². The third-order valence-corrected chi connectivity index (χ3v) is 3.23. The van der Waals surface area contributed by atoms with Crippen molar-refractivity contribution in [3.63, 3.8) is 0 Å². The van der Waals surface area contributed by atoms with Gasteiger partial charge in [0.05, 0.1) is 6.26 Å². The Bertz CT molecular complexity index is 271. The van der Waals surface area contributed by atoms with Crippen LogP contribution in [0.2, 0.25) is 0 Å². The number of hydrogen-bond acceptors (Lipinski definition) is 3. The fourth-order valence-electron chi connectivity index (χ4n) is 2.14. The van der Waals surface area contributed by atoms with Gasteiger partial charge in [-0.15, -0.1) is 0 Å². The van der Waals surface area contributed by atoms with Crippen molar-refractivity contribution in [1.29, 1.82) is 0 Å². The van der Waals surface area contributed by atoms with E-state index in [-0.39, 0.29) is 6.23 Å². The Morgan fingerprint density at radius 3 is 2.86 bits per heavy atom. The van der Waals surface area contributed by atoms with E-state index in [0.717, 1.165) is 18.6 Å². The molecular weight excluding hydrogens is 178 g/mol. The lowest BCUT2D eigenvalue weighted by Crippen LogP contribution is -2.44. The van der Waals surface area contributed by atoms with Gasteiger partial charge >= 0.3 is 0 Å². The maximum Gasteiger partial charge on any atom is 0.108 e. The molecule has 2 rings (SSSR count). The molecule has 1 fully saturated rings. The largest absolute Gasteiger partial charge is 0.469 e. The minimum absolute atomic E-state index is 0.339. The van der Waals surface area contributed by atoms with Crippen LogP contribution >= 0.6 is 0 Å². The summed E-state index contributed by atoms with van der Waals surface area (Å²) in [7, 11) is 1.97. The maximum absolute atomic E-state index is 9.80. The molecule has 14 heavy (non-hydrogen) atoms. The van der Waals surface area contributed by atoms with Gasteiger partial charge in [0.1, 0.15) is 12.0 Å². The lowest BCUT2D eigenvalue weighted by molar-refractivity contribution is -0.0433. The third-order valence-electron chi connectivity index (χ3n) is 3.23. The second-order valence-electron chi connectivity index (χ2n) is 4.18. The van der Waals surface area contributed by atoms with E-state index in [1.54, 1.807) is 6.26 Å². The molecule has 1 saturated heterocycles. The van der Waals surface area contributed by atoms with Gasteiger partial charge in [-0.1, -0.05) is 0 Å². The predicted octanol–water partition coefficient (Wildman–Crippen LogP) is 1.80.